The number of carbonyl (C=O) groups excluding carboxylic acids is 1. The van der Waals surface area contributed by atoms with Gasteiger partial charge in [-0.1, -0.05) is 6.07 Å². The number of aromatic nitrogens is 2. The highest BCUT2D eigenvalue weighted by atomic mass is 19.1. The predicted octanol–water partition coefficient (Wildman–Crippen LogP) is 2.84. The Hall–Kier alpha value is -2.45. The van der Waals surface area contributed by atoms with Crippen molar-refractivity contribution in [2.75, 3.05) is 38.7 Å². The minimum absolute atomic E-state index is 0.00471. The summed E-state index contributed by atoms with van der Waals surface area (Å²) in [5.41, 5.74) is 0.984. The topological polar surface area (TPSA) is 68.6 Å². The number of nitrogens with one attached hydrogen (secondary N) is 1. The molecule has 2 fully saturated rings. The smallest absolute Gasteiger partial charge is 0.231 e. The highest BCUT2D eigenvalue weighted by molar-refractivity contribution is 5.92. The number of rotatable bonds is 6. The zero-order valence-electron chi connectivity index (χ0n) is 16.6. The van der Waals surface area contributed by atoms with Gasteiger partial charge in [-0.05, 0) is 25.3 Å². The standard InChI is InChI=1S/C21H27FN4O3/c1-28-19-12-17(22)3-2-15(19)13-25-9-5-18(6-10-25)26-20(4-8-23-26)24-21(27)16-7-11-29-14-16/h2-4,8,12,16,18H,5-7,9-11,13-14H2,1H3,(H,24,27)/t16-/m0/s1. The minimum Gasteiger partial charge on any atom is -0.496 e. The van der Waals surface area contributed by atoms with Gasteiger partial charge in [0.1, 0.15) is 17.4 Å². The lowest BCUT2D eigenvalue weighted by atomic mass is 10.0. The highest BCUT2D eigenvalue weighted by Gasteiger charge is 2.27. The van der Waals surface area contributed by atoms with Crippen LogP contribution in [0.3, 0.4) is 0 Å². The van der Waals surface area contributed by atoms with Gasteiger partial charge in [-0.2, -0.15) is 5.10 Å². The van der Waals surface area contributed by atoms with Crippen LogP contribution in [0.2, 0.25) is 0 Å². The van der Waals surface area contributed by atoms with Crippen LogP contribution in [-0.2, 0) is 16.1 Å². The monoisotopic (exact) mass is 402 g/mol. The normalized spacial score (nSPS) is 20.7. The number of halogens is 1. The average Bonchev–Trinajstić information content (AvgIpc) is 3.42. The Morgan fingerprint density at radius 2 is 2.14 bits per heavy atom. The molecule has 4 rings (SSSR count). The largest absolute Gasteiger partial charge is 0.496 e. The summed E-state index contributed by atoms with van der Waals surface area (Å²) in [6.07, 6.45) is 4.36. The summed E-state index contributed by atoms with van der Waals surface area (Å²) in [6.45, 7) is 3.66. The van der Waals surface area contributed by atoms with Gasteiger partial charge in [0.15, 0.2) is 0 Å². The van der Waals surface area contributed by atoms with E-state index in [9.17, 15) is 9.18 Å². The molecule has 8 heteroatoms. The van der Waals surface area contributed by atoms with Crippen LogP contribution in [0.1, 0.15) is 30.9 Å². The first kappa shape index (κ1) is 19.8. The molecule has 0 radical (unpaired) electrons. The van der Waals surface area contributed by atoms with Crippen molar-refractivity contribution in [1.82, 2.24) is 14.7 Å². The number of nitrogens with zero attached hydrogens (tertiary/aromatic N) is 3. The van der Waals surface area contributed by atoms with Gasteiger partial charge in [-0.25, -0.2) is 9.07 Å². The third-order valence-electron chi connectivity index (χ3n) is 5.77. The number of benzene rings is 1. The van der Waals surface area contributed by atoms with E-state index in [2.05, 4.69) is 15.3 Å². The maximum Gasteiger partial charge on any atom is 0.231 e. The van der Waals surface area contributed by atoms with Gasteiger partial charge in [-0.3, -0.25) is 9.69 Å². The number of ether oxygens (including phenoxy) is 2. The number of anilines is 1. The van der Waals surface area contributed by atoms with Crippen molar-refractivity contribution in [3.8, 4) is 5.75 Å². The van der Waals surface area contributed by atoms with Gasteiger partial charge in [-0.15, -0.1) is 0 Å². The quantitative estimate of drug-likeness (QED) is 0.805. The number of hydrogen-bond donors (Lipinski definition) is 1. The molecule has 156 valence electrons. The van der Waals surface area contributed by atoms with Crippen LogP contribution in [-0.4, -0.2) is 54.0 Å². The van der Waals surface area contributed by atoms with E-state index >= 15 is 0 Å². The van der Waals surface area contributed by atoms with Gasteiger partial charge in [0, 0.05) is 43.9 Å². The van der Waals surface area contributed by atoms with Crippen molar-refractivity contribution in [3.05, 3.63) is 41.8 Å². The molecule has 0 aliphatic carbocycles. The summed E-state index contributed by atoms with van der Waals surface area (Å²) in [5, 5.41) is 7.47. The van der Waals surface area contributed by atoms with Gasteiger partial charge in [0.25, 0.3) is 0 Å². The lowest BCUT2D eigenvalue weighted by Crippen LogP contribution is -2.35. The van der Waals surface area contributed by atoms with Gasteiger partial charge >= 0.3 is 0 Å². The van der Waals surface area contributed by atoms with Crippen molar-refractivity contribution in [3.63, 3.8) is 0 Å². The SMILES string of the molecule is COc1cc(F)ccc1CN1CCC(n2nccc2NC(=O)[C@H]2CCOC2)CC1. The van der Waals surface area contributed by atoms with E-state index in [0.717, 1.165) is 50.3 Å². The van der Waals surface area contributed by atoms with Crippen LogP contribution in [0.5, 0.6) is 5.75 Å². The van der Waals surface area contributed by atoms with E-state index in [4.69, 9.17) is 9.47 Å². The van der Waals surface area contributed by atoms with Crippen molar-refractivity contribution in [1.29, 1.82) is 0 Å². The van der Waals surface area contributed by atoms with Crippen molar-refractivity contribution >= 4 is 11.7 Å². The van der Waals surface area contributed by atoms with Crippen LogP contribution >= 0.6 is 0 Å². The number of methoxy groups -OCH3 is 1. The number of piperidine rings is 1. The predicted molar refractivity (Wildman–Crippen MR) is 106 cm³/mol. The molecule has 0 unspecified atom stereocenters. The molecule has 1 aromatic carbocycles. The van der Waals surface area contributed by atoms with E-state index in [-0.39, 0.29) is 23.7 Å². The van der Waals surface area contributed by atoms with Crippen LogP contribution in [0.15, 0.2) is 30.5 Å². The Morgan fingerprint density at radius 1 is 1.31 bits per heavy atom. The van der Waals surface area contributed by atoms with Crippen LogP contribution in [0.25, 0.3) is 0 Å². The van der Waals surface area contributed by atoms with Gasteiger partial charge in [0.05, 0.1) is 31.9 Å². The first-order chi connectivity index (χ1) is 14.1. The highest BCUT2D eigenvalue weighted by Crippen LogP contribution is 2.28. The molecular formula is C21H27FN4O3. The van der Waals surface area contributed by atoms with Crippen molar-refractivity contribution < 1.29 is 18.7 Å². The third kappa shape index (κ3) is 4.59. The van der Waals surface area contributed by atoms with E-state index < -0.39 is 0 Å². The number of amides is 1. The fourth-order valence-electron chi connectivity index (χ4n) is 4.09. The lowest BCUT2D eigenvalue weighted by molar-refractivity contribution is -0.119. The Morgan fingerprint density at radius 3 is 2.86 bits per heavy atom. The molecule has 1 atom stereocenters. The van der Waals surface area contributed by atoms with E-state index in [1.165, 1.54) is 12.1 Å². The van der Waals surface area contributed by atoms with Crippen LogP contribution < -0.4 is 10.1 Å². The van der Waals surface area contributed by atoms with Crippen LogP contribution in [0.4, 0.5) is 10.2 Å². The number of hydrogen-bond acceptors (Lipinski definition) is 5. The average molecular weight is 402 g/mol. The van der Waals surface area contributed by atoms with E-state index in [0.29, 0.717) is 19.0 Å². The first-order valence-corrected chi connectivity index (χ1v) is 10.1. The summed E-state index contributed by atoms with van der Waals surface area (Å²) in [5.74, 6) is 0.971. The molecule has 2 aliphatic heterocycles. The molecule has 0 bridgehead atoms. The maximum atomic E-state index is 13.4. The van der Waals surface area contributed by atoms with Crippen molar-refractivity contribution in [2.45, 2.75) is 31.8 Å². The minimum atomic E-state index is -0.290. The van der Waals surface area contributed by atoms with Crippen LogP contribution in [0, 0.1) is 11.7 Å². The summed E-state index contributed by atoms with van der Waals surface area (Å²) >= 11 is 0. The fourth-order valence-corrected chi connectivity index (χ4v) is 4.09. The molecule has 7 nitrogen and oxygen atoms in total. The maximum absolute atomic E-state index is 13.4. The summed E-state index contributed by atoms with van der Waals surface area (Å²) in [4.78, 5) is 14.7. The molecule has 1 aromatic heterocycles. The molecule has 3 heterocycles. The molecular weight excluding hydrogens is 375 g/mol. The third-order valence-corrected chi connectivity index (χ3v) is 5.77. The Labute approximate surface area is 169 Å². The van der Waals surface area contributed by atoms with Crippen molar-refractivity contribution in [2.24, 2.45) is 5.92 Å². The van der Waals surface area contributed by atoms with Gasteiger partial charge in [0.2, 0.25) is 5.91 Å². The first-order valence-electron chi connectivity index (χ1n) is 10.1. The summed E-state index contributed by atoms with van der Waals surface area (Å²) < 4.78 is 26.0. The molecule has 1 N–H and O–H groups in total. The molecule has 2 aliphatic rings. The lowest BCUT2D eigenvalue weighted by Gasteiger charge is -2.33. The Bertz CT molecular complexity index is 842. The Kier molecular flexibility index (Phi) is 6.10. The summed E-state index contributed by atoms with van der Waals surface area (Å²) in [6, 6.07) is 6.78. The summed E-state index contributed by atoms with van der Waals surface area (Å²) in [7, 11) is 1.57. The second kappa shape index (κ2) is 8.92. The molecule has 0 spiro atoms. The Balaban J connectivity index is 1.34. The number of likely N-dealkylation sites (tertiary alicyclic amines) is 1. The molecule has 0 saturated carbocycles. The van der Waals surface area contributed by atoms with E-state index in [1.807, 2.05) is 10.7 Å². The van der Waals surface area contributed by atoms with Gasteiger partial charge < -0.3 is 14.8 Å². The van der Waals surface area contributed by atoms with E-state index in [1.54, 1.807) is 19.4 Å². The molecule has 29 heavy (non-hydrogen) atoms. The number of carbonyl (C=O) groups is 1. The second-order valence-electron chi connectivity index (χ2n) is 7.67. The molecule has 1 amide bonds. The zero-order chi connectivity index (χ0) is 20.2. The fraction of sp³-hybridized carbons (Fsp3) is 0.524. The molecule has 2 saturated heterocycles. The molecule has 2 aromatic rings. The zero-order valence-corrected chi connectivity index (χ0v) is 16.6. The second-order valence-corrected chi connectivity index (χ2v) is 7.67.